The van der Waals surface area contributed by atoms with Crippen molar-refractivity contribution in [3.8, 4) is 0 Å². The number of rotatable bonds is 0. The molecule has 0 spiro atoms. The van der Waals surface area contributed by atoms with Crippen molar-refractivity contribution in [2.45, 2.75) is 13.0 Å². The second kappa shape index (κ2) is 2.60. The molecule has 0 saturated heterocycles. The van der Waals surface area contributed by atoms with Gasteiger partial charge < -0.3 is 9.72 Å². The molecule has 0 atom stereocenters. The number of hydrogen-bond donors (Lipinski definition) is 1. The van der Waals surface area contributed by atoms with Gasteiger partial charge in [0, 0.05) is 28.6 Å². The van der Waals surface area contributed by atoms with Crippen LogP contribution in [0.2, 0.25) is 0 Å². The van der Waals surface area contributed by atoms with Crippen LogP contribution in [0.1, 0.15) is 11.3 Å². The van der Waals surface area contributed by atoms with Crippen LogP contribution < -0.4 is 0 Å². The molecule has 3 rings (SSSR count). The molecule has 1 aliphatic rings. The molecule has 2 nitrogen and oxygen atoms in total. The van der Waals surface area contributed by atoms with E-state index >= 15 is 0 Å². The van der Waals surface area contributed by atoms with Crippen LogP contribution in [0.25, 0.3) is 10.9 Å². The van der Waals surface area contributed by atoms with Crippen molar-refractivity contribution < 1.29 is 4.74 Å². The fourth-order valence-electron chi connectivity index (χ4n) is 1.98. The van der Waals surface area contributed by atoms with Gasteiger partial charge in [0.05, 0.1) is 13.2 Å². The van der Waals surface area contributed by atoms with Gasteiger partial charge in [-0.05, 0) is 6.07 Å². The molecule has 0 unspecified atom stereocenters. The third kappa shape index (κ3) is 0.988. The van der Waals surface area contributed by atoms with Crippen LogP contribution >= 0.6 is 0 Å². The molecule has 66 valence electrons. The minimum absolute atomic E-state index is 0.763. The fourth-order valence-corrected chi connectivity index (χ4v) is 1.98. The Morgan fingerprint density at radius 3 is 3.15 bits per heavy atom. The zero-order chi connectivity index (χ0) is 8.67. The highest BCUT2D eigenvalue weighted by Crippen LogP contribution is 2.25. The van der Waals surface area contributed by atoms with E-state index in [2.05, 4.69) is 29.2 Å². The molecule has 0 aliphatic carbocycles. The highest BCUT2D eigenvalue weighted by molar-refractivity contribution is 5.84. The second-order valence-corrected chi connectivity index (χ2v) is 3.43. The third-order valence-corrected chi connectivity index (χ3v) is 2.64. The summed E-state index contributed by atoms with van der Waals surface area (Å²) in [6.07, 6.45) is 1.02. The van der Waals surface area contributed by atoms with Crippen molar-refractivity contribution in [3.05, 3.63) is 35.5 Å². The van der Waals surface area contributed by atoms with Crippen LogP contribution in [0.4, 0.5) is 0 Å². The van der Waals surface area contributed by atoms with E-state index in [0.29, 0.717) is 0 Å². The molecule has 1 aliphatic heterocycles. The van der Waals surface area contributed by atoms with E-state index in [0.717, 1.165) is 19.6 Å². The predicted octanol–water partition coefficient (Wildman–Crippen LogP) is 2.24. The number of nitrogens with one attached hydrogen (secondary N) is 1. The first-order valence-electron chi connectivity index (χ1n) is 4.61. The zero-order valence-corrected chi connectivity index (χ0v) is 7.34. The number of ether oxygens (including phenoxy) is 1. The van der Waals surface area contributed by atoms with E-state index in [-0.39, 0.29) is 0 Å². The maximum absolute atomic E-state index is 5.44. The first kappa shape index (κ1) is 7.15. The third-order valence-electron chi connectivity index (χ3n) is 2.64. The second-order valence-electron chi connectivity index (χ2n) is 3.43. The summed E-state index contributed by atoms with van der Waals surface area (Å²) in [4.78, 5) is 3.44. The van der Waals surface area contributed by atoms with Crippen molar-refractivity contribution in [1.29, 1.82) is 0 Å². The summed E-state index contributed by atoms with van der Waals surface area (Å²) in [7, 11) is 0. The quantitative estimate of drug-likeness (QED) is 0.649. The van der Waals surface area contributed by atoms with Gasteiger partial charge in [0.15, 0.2) is 0 Å². The van der Waals surface area contributed by atoms with Crippen molar-refractivity contribution in [2.24, 2.45) is 0 Å². The molecular weight excluding hydrogens is 162 g/mol. The Balaban J connectivity index is 2.34. The van der Waals surface area contributed by atoms with Gasteiger partial charge in [-0.15, -0.1) is 0 Å². The van der Waals surface area contributed by atoms with E-state index in [9.17, 15) is 0 Å². The van der Waals surface area contributed by atoms with Crippen LogP contribution in [0.5, 0.6) is 0 Å². The van der Waals surface area contributed by atoms with E-state index < -0.39 is 0 Å². The lowest BCUT2D eigenvalue weighted by Gasteiger charge is -2.11. The normalized spacial score (nSPS) is 16.0. The summed E-state index contributed by atoms with van der Waals surface area (Å²) < 4.78 is 5.44. The molecule has 1 aromatic carbocycles. The summed E-state index contributed by atoms with van der Waals surface area (Å²) in [5.41, 5.74) is 3.94. The van der Waals surface area contributed by atoms with E-state index in [1.165, 1.54) is 22.2 Å². The molecule has 0 bridgehead atoms. The monoisotopic (exact) mass is 173 g/mol. The fraction of sp³-hybridized carbons (Fsp3) is 0.273. The molecule has 0 amide bonds. The summed E-state index contributed by atoms with van der Waals surface area (Å²) in [6, 6.07) is 8.41. The highest BCUT2D eigenvalue weighted by atomic mass is 16.5. The molecule has 2 heterocycles. The van der Waals surface area contributed by atoms with Crippen molar-refractivity contribution in [2.75, 3.05) is 6.61 Å². The Kier molecular flexibility index (Phi) is 1.43. The molecular formula is C11H11NO. The lowest BCUT2D eigenvalue weighted by atomic mass is 10.1. The minimum atomic E-state index is 0.763. The van der Waals surface area contributed by atoms with Gasteiger partial charge in [-0.3, -0.25) is 0 Å². The summed E-state index contributed by atoms with van der Waals surface area (Å²) in [5, 5.41) is 1.32. The van der Waals surface area contributed by atoms with Gasteiger partial charge >= 0.3 is 0 Å². The predicted molar refractivity (Wildman–Crippen MR) is 51.7 cm³/mol. The molecule has 0 saturated carbocycles. The molecule has 2 aromatic rings. The lowest BCUT2D eigenvalue weighted by Crippen LogP contribution is -2.08. The summed E-state index contributed by atoms with van der Waals surface area (Å²) in [5.74, 6) is 0. The Morgan fingerprint density at radius 1 is 1.23 bits per heavy atom. The Bertz CT molecular complexity index is 444. The molecule has 0 radical (unpaired) electrons. The standard InChI is InChI=1S/C11H11NO/c1-2-4-10-8(3-1)9-7-13-6-5-11(9)12-10/h1-4,12H,5-7H2. The van der Waals surface area contributed by atoms with E-state index in [1.54, 1.807) is 0 Å². The van der Waals surface area contributed by atoms with Crippen LogP contribution in [-0.2, 0) is 17.8 Å². The van der Waals surface area contributed by atoms with Gasteiger partial charge in [0.1, 0.15) is 0 Å². The highest BCUT2D eigenvalue weighted by Gasteiger charge is 2.14. The number of H-pyrrole nitrogens is 1. The maximum Gasteiger partial charge on any atom is 0.0740 e. The topological polar surface area (TPSA) is 25.0 Å². The number of aromatic nitrogens is 1. The molecule has 1 aromatic heterocycles. The van der Waals surface area contributed by atoms with Gasteiger partial charge in [-0.2, -0.15) is 0 Å². The first-order chi connectivity index (χ1) is 6.45. The molecule has 13 heavy (non-hydrogen) atoms. The van der Waals surface area contributed by atoms with Crippen LogP contribution in [0.3, 0.4) is 0 Å². The van der Waals surface area contributed by atoms with Crippen molar-refractivity contribution >= 4 is 10.9 Å². The summed E-state index contributed by atoms with van der Waals surface area (Å²) >= 11 is 0. The smallest absolute Gasteiger partial charge is 0.0740 e. The largest absolute Gasteiger partial charge is 0.376 e. The lowest BCUT2D eigenvalue weighted by molar-refractivity contribution is 0.111. The van der Waals surface area contributed by atoms with Crippen LogP contribution in [-0.4, -0.2) is 11.6 Å². The average Bonchev–Trinajstić information content (AvgIpc) is 2.56. The van der Waals surface area contributed by atoms with Crippen LogP contribution in [0.15, 0.2) is 24.3 Å². The SMILES string of the molecule is c1ccc2c3c([nH]c2c1)CCOC3. The van der Waals surface area contributed by atoms with Gasteiger partial charge in [0.2, 0.25) is 0 Å². The Labute approximate surface area is 76.5 Å². The first-order valence-corrected chi connectivity index (χ1v) is 4.61. The molecule has 0 fully saturated rings. The van der Waals surface area contributed by atoms with Gasteiger partial charge in [0.25, 0.3) is 0 Å². The number of hydrogen-bond acceptors (Lipinski definition) is 1. The Morgan fingerprint density at radius 2 is 2.15 bits per heavy atom. The maximum atomic E-state index is 5.44. The molecule has 1 N–H and O–H groups in total. The number of para-hydroxylation sites is 1. The number of aromatic amines is 1. The number of benzene rings is 1. The summed E-state index contributed by atoms with van der Waals surface area (Å²) in [6.45, 7) is 1.61. The molecule has 2 heteroatoms. The van der Waals surface area contributed by atoms with E-state index in [1.807, 2.05) is 0 Å². The van der Waals surface area contributed by atoms with Crippen molar-refractivity contribution in [3.63, 3.8) is 0 Å². The minimum Gasteiger partial charge on any atom is -0.376 e. The average molecular weight is 173 g/mol. The number of fused-ring (bicyclic) bond motifs is 3. The zero-order valence-electron chi connectivity index (χ0n) is 7.34. The Hall–Kier alpha value is -1.28. The van der Waals surface area contributed by atoms with Gasteiger partial charge in [-0.25, -0.2) is 0 Å². The van der Waals surface area contributed by atoms with E-state index in [4.69, 9.17) is 4.74 Å². The van der Waals surface area contributed by atoms with Crippen LogP contribution in [0, 0.1) is 0 Å². The van der Waals surface area contributed by atoms with Gasteiger partial charge in [-0.1, -0.05) is 18.2 Å². The van der Waals surface area contributed by atoms with Crippen molar-refractivity contribution in [1.82, 2.24) is 4.98 Å².